The zero-order chi connectivity index (χ0) is 13.7. The molecule has 1 aromatic rings. The quantitative estimate of drug-likeness (QED) is 0.782. The van der Waals surface area contributed by atoms with Crippen LogP contribution in [0.1, 0.15) is 0 Å². The van der Waals surface area contributed by atoms with Crippen molar-refractivity contribution in [1.82, 2.24) is 5.32 Å². The molecule has 0 bridgehead atoms. The predicted molar refractivity (Wildman–Crippen MR) is 75.3 cm³/mol. The summed E-state index contributed by atoms with van der Waals surface area (Å²) in [4.78, 5) is 22.9. The van der Waals surface area contributed by atoms with Crippen LogP contribution in [0.2, 0.25) is 0 Å². The van der Waals surface area contributed by atoms with Crippen molar-refractivity contribution < 1.29 is 14.3 Å². The first-order valence-corrected chi connectivity index (χ1v) is 6.91. The third kappa shape index (κ3) is 3.87. The SMILES string of the molecule is COC(=O)Nc1ccc(NC(=O)C2CSCN2)cc1. The van der Waals surface area contributed by atoms with E-state index in [1.165, 1.54) is 7.11 Å². The Morgan fingerprint density at radius 1 is 1.26 bits per heavy atom. The summed E-state index contributed by atoms with van der Waals surface area (Å²) in [6.07, 6.45) is -0.524. The fourth-order valence-corrected chi connectivity index (χ4v) is 2.54. The maximum absolute atomic E-state index is 11.8. The smallest absolute Gasteiger partial charge is 0.411 e. The number of hydrogen-bond acceptors (Lipinski definition) is 5. The number of methoxy groups -OCH3 is 1. The minimum absolute atomic E-state index is 0.0429. The zero-order valence-corrected chi connectivity index (χ0v) is 11.3. The third-order valence-electron chi connectivity index (χ3n) is 2.62. The first-order chi connectivity index (χ1) is 9.19. The average Bonchev–Trinajstić information content (AvgIpc) is 2.95. The molecule has 1 unspecified atom stereocenters. The standard InChI is InChI=1S/C12H15N3O3S/c1-18-12(17)15-9-4-2-8(3-5-9)14-11(16)10-6-19-7-13-10/h2-5,10,13H,6-7H2,1H3,(H,14,16)(H,15,17). The Morgan fingerprint density at radius 2 is 1.89 bits per heavy atom. The number of benzene rings is 1. The van der Waals surface area contributed by atoms with Crippen LogP contribution in [0.5, 0.6) is 0 Å². The molecule has 1 saturated heterocycles. The van der Waals surface area contributed by atoms with Gasteiger partial charge in [0.15, 0.2) is 0 Å². The highest BCUT2D eigenvalue weighted by Crippen LogP contribution is 2.16. The fourth-order valence-electron chi connectivity index (χ4n) is 1.60. The van der Waals surface area contributed by atoms with Crippen LogP contribution in [0, 0.1) is 0 Å². The number of hydrogen-bond donors (Lipinski definition) is 3. The average molecular weight is 281 g/mol. The summed E-state index contributed by atoms with van der Waals surface area (Å²) in [5.41, 5.74) is 1.30. The van der Waals surface area contributed by atoms with Crippen molar-refractivity contribution in [2.45, 2.75) is 6.04 Å². The summed E-state index contributed by atoms with van der Waals surface area (Å²) in [6, 6.07) is 6.71. The van der Waals surface area contributed by atoms with E-state index in [0.29, 0.717) is 11.4 Å². The molecule has 0 saturated carbocycles. The van der Waals surface area contributed by atoms with Gasteiger partial charge in [0.05, 0.1) is 13.2 Å². The first kappa shape index (κ1) is 13.7. The van der Waals surface area contributed by atoms with Gasteiger partial charge in [0.2, 0.25) is 5.91 Å². The van der Waals surface area contributed by atoms with Gasteiger partial charge in [-0.15, -0.1) is 11.8 Å². The lowest BCUT2D eigenvalue weighted by molar-refractivity contribution is -0.117. The molecule has 102 valence electrons. The van der Waals surface area contributed by atoms with Gasteiger partial charge in [0, 0.05) is 23.0 Å². The molecule has 1 aliphatic rings. The summed E-state index contributed by atoms with van der Waals surface area (Å²) < 4.78 is 4.49. The molecule has 19 heavy (non-hydrogen) atoms. The molecular weight excluding hydrogens is 266 g/mol. The largest absolute Gasteiger partial charge is 0.453 e. The summed E-state index contributed by atoms with van der Waals surface area (Å²) in [7, 11) is 1.30. The van der Waals surface area contributed by atoms with E-state index in [9.17, 15) is 9.59 Å². The van der Waals surface area contributed by atoms with E-state index in [1.54, 1.807) is 36.0 Å². The van der Waals surface area contributed by atoms with Gasteiger partial charge in [-0.3, -0.25) is 15.4 Å². The maximum atomic E-state index is 11.8. The summed E-state index contributed by atoms with van der Waals surface area (Å²) in [5.74, 6) is 1.55. The number of carbonyl (C=O) groups excluding carboxylic acids is 2. The number of amides is 2. The van der Waals surface area contributed by atoms with Crippen molar-refractivity contribution in [3.8, 4) is 0 Å². The second-order valence-corrected chi connectivity index (χ2v) is 4.99. The maximum Gasteiger partial charge on any atom is 0.411 e. The highest BCUT2D eigenvalue weighted by Gasteiger charge is 2.22. The molecule has 1 fully saturated rings. The van der Waals surface area contributed by atoms with Gasteiger partial charge < -0.3 is 10.1 Å². The van der Waals surface area contributed by atoms with Crippen LogP contribution >= 0.6 is 11.8 Å². The van der Waals surface area contributed by atoms with Gasteiger partial charge in [0.25, 0.3) is 0 Å². The van der Waals surface area contributed by atoms with E-state index < -0.39 is 6.09 Å². The predicted octanol–water partition coefficient (Wildman–Crippen LogP) is 1.47. The van der Waals surface area contributed by atoms with Gasteiger partial charge in [0.1, 0.15) is 0 Å². The zero-order valence-electron chi connectivity index (χ0n) is 10.4. The molecule has 7 heteroatoms. The topological polar surface area (TPSA) is 79.5 Å². The van der Waals surface area contributed by atoms with Crippen molar-refractivity contribution in [2.75, 3.05) is 29.4 Å². The molecule has 0 radical (unpaired) electrons. The summed E-state index contributed by atoms with van der Waals surface area (Å²) in [6.45, 7) is 0. The lowest BCUT2D eigenvalue weighted by Crippen LogP contribution is -2.37. The Kier molecular flexibility index (Phi) is 4.64. The molecule has 1 aromatic carbocycles. The van der Waals surface area contributed by atoms with Gasteiger partial charge in [-0.2, -0.15) is 0 Å². The second-order valence-electron chi connectivity index (χ2n) is 3.96. The lowest BCUT2D eigenvalue weighted by atomic mass is 10.2. The van der Waals surface area contributed by atoms with Crippen LogP contribution in [0.4, 0.5) is 16.2 Å². The number of anilines is 2. The van der Waals surface area contributed by atoms with E-state index in [1.807, 2.05) is 0 Å². The second kappa shape index (κ2) is 6.44. The van der Waals surface area contributed by atoms with Crippen molar-refractivity contribution >= 4 is 35.1 Å². The molecule has 2 amide bonds. The number of ether oxygens (including phenoxy) is 1. The minimum Gasteiger partial charge on any atom is -0.453 e. The highest BCUT2D eigenvalue weighted by molar-refractivity contribution is 7.99. The van der Waals surface area contributed by atoms with Crippen LogP contribution in [0.25, 0.3) is 0 Å². The van der Waals surface area contributed by atoms with E-state index in [2.05, 4.69) is 20.7 Å². The molecule has 0 aliphatic carbocycles. The van der Waals surface area contributed by atoms with Crippen LogP contribution in [0.3, 0.4) is 0 Å². The molecule has 0 aromatic heterocycles. The molecular formula is C12H15N3O3S. The van der Waals surface area contributed by atoms with Gasteiger partial charge in [-0.05, 0) is 24.3 Å². The highest BCUT2D eigenvalue weighted by atomic mass is 32.2. The summed E-state index contributed by atoms with van der Waals surface area (Å²) in [5, 5.41) is 8.46. The molecule has 0 spiro atoms. The first-order valence-electron chi connectivity index (χ1n) is 5.76. The summed E-state index contributed by atoms with van der Waals surface area (Å²) >= 11 is 1.70. The Hall–Kier alpha value is -1.73. The van der Waals surface area contributed by atoms with Gasteiger partial charge in [-0.25, -0.2) is 4.79 Å². The lowest BCUT2D eigenvalue weighted by Gasteiger charge is -2.11. The molecule has 1 heterocycles. The monoisotopic (exact) mass is 281 g/mol. The van der Waals surface area contributed by atoms with E-state index >= 15 is 0 Å². The Balaban J connectivity index is 1.91. The van der Waals surface area contributed by atoms with E-state index in [-0.39, 0.29) is 11.9 Å². The van der Waals surface area contributed by atoms with Crippen LogP contribution in [0.15, 0.2) is 24.3 Å². The number of carbonyl (C=O) groups is 2. The number of nitrogens with one attached hydrogen (secondary N) is 3. The number of rotatable bonds is 3. The Morgan fingerprint density at radius 3 is 2.42 bits per heavy atom. The molecule has 1 aliphatic heterocycles. The van der Waals surface area contributed by atoms with Crippen molar-refractivity contribution in [2.24, 2.45) is 0 Å². The number of thioether (sulfide) groups is 1. The Bertz CT molecular complexity index is 458. The van der Waals surface area contributed by atoms with Crippen molar-refractivity contribution in [3.63, 3.8) is 0 Å². The van der Waals surface area contributed by atoms with Crippen molar-refractivity contribution in [3.05, 3.63) is 24.3 Å². The fraction of sp³-hybridized carbons (Fsp3) is 0.333. The third-order valence-corrected chi connectivity index (χ3v) is 3.56. The van der Waals surface area contributed by atoms with Crippen molar-refractivity contribution in [1.29, 1.82) is 0 Å². The van der Waals surface area contributed by atoms with Gasteiger partial charge in [-0.1, -0.05) is 0 Å². The Labute approximate surface area is 115 Å². The molecule has 6 nitrogen and oxygen atoms in total. The normalized spacial score (nSPS) is 17.8. The molecule has 2 rings (SSSR count). The van der Waals surface area contributed by atoms with Crippen LogP contribution in [-0.4, -0.2) is 36.8 Å². The minimum atomic E-state index is -0.524. The van der Waals surface area contributed by atoms with Crippen LogP contribution in [-0.2, 0) is 9.53 Å². The molecule has 3 N–H and O–H groups in total. The van der Waals surface area contributed by atoms with E-state index in [4.69, 9.17) is 0 Å². The van der Waals surface area contributed by atoms with Gasteiger partial charge >= 0.3 is 6.09 Å². The van der Waals surface area contributed by atoms with Crippen LogP contribution < -0.4 is 16.0 Å². The van der Waals surface area contributed by atoms with E-state index in [0.717, 1.165) is 11.6 Å². The molecule has 1 atom stereocenters.